The second-order valence-corrected chi connectivity index (χ2v) is 7.47. The maximum absolute atomic E-state index is 12.6. The summed E-state index contributed by atoms with van der Waals surface area (Å²) in [7, 11) is 0. The van der Waals surface area contributed by atoms with Crippen LogP contribution in [0.5, 0.6) is 0 Å². The highest BCUT2D eigenvalue weighted by atomic mass is 32.2. The van der Waals surface area contributed by atoms with E-state index in [0.29, 0.717) is 5.25 Å². The summed E-state index contributed by atoms with van der Waals surface area (Å²) in [4.78, 5) is 14.7. The Balaban J connectivity index is 1.60. The third kappa shape index (κ3) is 3.61. The fraction of sp³-hybridized carbons (Fsp3) is 0.588. The van der Waals surface area contributed by atoms with E-state index in [0.717, 1.165) is 13.0 Å². The zero-order valence-electron chi connectivity index (χ0n) is 12.6. The van der Waals surface area contributed by atoms with E-state index in [4.69, 9.17) is 0 Å². The monoisotopic (exact) mass is 304 g/mol. The molecule has 3 atom stereocenters. The van der Waals surface area contributed by atoms with Crippen LogP contribution in [0.3, 0.4) is 0 Å². The van der Waals surface area contributed by atoms with E-state index in [2.05, 4.69) is 29.3 Å². The molecule has 0 bridgehead atoms. The maximum Gasteiger partial charge on any atom is 0.241 e. The third-order valence-corrected chi connectivity index (χ3v) is 5.83. The highest BCUT2D eigenvalue weighted by Crippen LogP contribution is 2.27. The first-order valence-corrected chi connectivity index (χ1v) is 9.01. The Kier molecular flexibility index (Phi) is 4.86. The zero-order chi connectivity index (χ0) is 14.7. The lowest BCUT2D eigenvalue weighted by molar-refractivity contribution is -0.129. The molecular formula is C17H24N2OS. The van der Waals surface area contributed by atoms with Gasteiger partial charge in [0, 0.05) is 11.8 Å². The molecule has 2 heterocycles. The standard InChI is InChI=1S/C17H24N2OS/c1-13-18-16(11-14-7-3-2-4-8-14)17(20)19(13)12-15-9-5-6-10-21-15/h2-4,7-8,13,15-16,18H,5-6,9-12H2,1H3. The van der Waals surface area contributed by atoms with Crippen LogP contribution in [-0.4, -0.2) is 40.6 Å². The molecule has 21 heavy (non-hydrogen) atoms. The van der Waals surface area contributed by atoms with Crippen LogP contribution in [0.25, 0.3) is 0 Å². The highest BCUT2D eigenvalue weighted by Gasteiger charge is 2.37. The average molecular weight is 304 g/mol. The molecule has 3 rings (SSSR count). The first kappa shape index (κ1) is 14.9. The smallest absolute Gasteiger partial charge is 0.241 e. The SMILES string of the molecule is CC1NC(Cc2ccccc2)C(=O)N1CC1CCCCS1. The quantitative estimate of drug-likeness (QED) is 0.928. The summed E-state index contributed by atoms with van der Waals surface area (Å²) in [6, 6.07) is 10.2. The van der Waals surface area contributed by atoms with E-state index in [9.17, 15) is 4.79 Å². The normalized spacial score (nSPS) is 29.9. The van der Waals surface area contributed by atoms with Gasteiger partial charge in [-0.3, -0.25) is 10.1 Å². The van der Waals surface area contributed by atoms with Gasteiger partial charge < -0.3 is 4.90 Å². The van der Waals surface area contributed by atoms with Gasteiger partial charge in [-0.05, 0) is 37.5 Å². The maximum atomic E-state index is 12.6. The lowest BCUT2D eigenvalue weighted by Gasteiger charge is -2.28. The van der Waals surface area contributed by atoms with Crippen molar-refractivity contribution in [1.82, 2.24) is 10.2 Å². The van der Waals surface area contributed by atoms with Crippen molar-refractivity contribution in [3.05, 3.63) is 35.9 Å². The van der Waals surface area contributed by atoms with Crippen molar-refractivity contribution in [2.24, 2.45) is 0 Å². The molecule has 4 heteroatoms. The minimum atomic E-state index is -0.0593. The number of nitrogens with zero attached hydrogens (tertiary/aromatic N) is 1. The minimum Gasteiger partial charge on any atom is -0.325 e. The van der Waals surface area contributed by atoms with Crippen LogP contribution in [0.1, 0.15) is 31.7 Å². The molecule has 114 valence electrons. The van der Waals surface area contributed by atoms with Crippen molar-refractivity contribution in [3.63, 3.8) is 0 Å². The molecule has 0 saturated carbocycles. The van der Waals surface area contributed by atoms with Crippen molar-refractivity contribution in [3.8, 4) is 0 Å². The Bertz CT molecular complexity index is 473. The van der Waals surface area contributed by atoms with Gasteiger partial charge in [0.05, 0.1) is 12.2 Å². The Hall–Kier alpha value is -1.00. The van der Waals surface area contributed by atoms with Crippen LogP contribution in [0.4, 0.5) is 0 Å². The van der Waals surface area contributed by atoms with E-state index in [1.54, 1.807) is 0 Å². The van der Waals surface area contributed by atoms with E-state index in [1.165, 1.54) is 30.6 Å². The van der Waals surface area contributed by atoms with Gasteiger partial charge in [0.25, 0.3) is 0 Å². The molecule has 0 spiro atoms. The van der Waals surface area contributed by atoms with Gasteiger partial charge in [0.2, 0.25) is 5.91 Å². The fourth-order valence-electron chi connectivity index (χ4n) is 3.26. The number of thioether (sulfide) groups is 1. The number of nitrogens with one attached hydrogen (secondary N) is 1. The molecule has 2 saturated heterocycles. The van der Waals surface area contributed by atoms with Crippen molar-refractivity contribution in [2.45, 2.75) is 50.1 Å². The second-order valence-electron chi connectivity index (χ2n) is 6.06. The molecule has 3 nitrogen and oxygen atoms in total. The number of rotatable bonds is 4. The molecule has 0 aromatic heterocycles. The minimum absolute atomic E-state index is 0.0593. The summed E-state index contributed by atoms with van der Waals surface area (Å²) < 4.78 is 0. The Morgan fingerprint density at radius 2 is 2.10 bits per heavy atom. The molecule has 0 radical (unpaired) electrons. The molecule has 1 amide bonds. The van der Waals surface area contributed by atoms with Crippen LogP contribution in [0, 0.1) is 0 Å². The number of hydrogen-bond donors (Lipinski definition) is 1. The van der Waals surface area contributed by atoms with E-state index in [1.807, 2.05) is 30.0 Å². The van der Waals surface area contributed by atoms with Crippen molar-refractivity contribution in [1.29, 1.82) is 0 Å². The largest absolute Gasteiger partial charge is 0.325 e. The molecule has 1 aromatic rings. The predicted molar refractivity (Wildman–Crippen MR) is 88.3 cm³/mol. The average Bonchev–Trinajstić information content (AvgIpc) is 2.77. The van der Waals surface area contributed by atoms with Gasteiger partial charge >= 0.3 is 0 Å². The summed E-state index contributed by atoms with van der Waals surface area (Å²) in [6.45, 7) is 3.01. The van der Waals surface area contributed by atoms with Gasteiger partial charge in [-0.15, -0.1) is 0 Å². The molecule has 1 N–H and O–H groups in total. The van der Waals surface area contributed by atoms with Gasteiger partial charge in [-0.25, -0.2) is 0 Å². The van der Waals surface area contributed by atoms with Gasteiger partial charge in [-0.2, -0.15) is 11.8 Å². The van der Waals surface area contributed by atoms with Crippen LogP contribution < -0.4 is 5.32 Å². The van der Waals surface area contributed by atoms with Crippen LogP contribution in [0.15, 0.2) is 30.3 Å². The first-order chi connectivity index (χ1) is 10.2. The van der Waals surface area contributed by atoms with Crippen molar-refractivity contribution in [2.75, 3.05) is 12.3 Å². The number of carbonyl (C=O) groups is 1. The van der Waals surface area contributed by atoms with E-state index < -0.39 is 0 Å². The number of hydrogen-bond acceptors (Lipinski definition) is 3. The molecule has 2 fully saturated rings. The molecular weight excluding hydrogens is 280 g/mol. The third-order valence-electron chi connectivity index (χ3n) is 4.45. The summed E-state index contributed by atoms with van der Waals surface area (Å²) in [5.41, 5.74) is 1.23. The van der Waals surface area contributed by atoms with Crippen molar-refractivity contribution >= 4 is 17.7 Å². The van der Waals surface area contributed by atoms with Crippen molar-refractivity contribution < 1.29 is 4.79 Å². The summed E-state index contributed by atoms with van der Waals surface area (Å²) in [5, 5.41) is 4.09. The molecule has 1 aromatic carbocycles. The lowest BCUT2D eigenvalue weighted by atomic mass is 10.1. The molecule has 0 aliphatic carbocycles. The molecule has 2 aliphatic heterocycles. The van der Waals surface area contributed by atoms with Gasteiger partial charge in [0.1, 0.15) is 0 Å². The number of benzene rings is 1. The van der Waals surface area contributed by atoms with Crippen LogP contribution >= 0.6 is 11.8 Å². The van der Waals surface area contributed by atoms with Crippen LogP contribution in [0.2, 0.25) is 0 Å². The molecule has 3 unspecified atom stereocenters. The lowest BCUT2D eigenvalue weighted by Crippen LogP contribution is -2.40. The summed E-state index contributed by atoms with van der Waals surface area (Å²) in [5.74, 6) is 1.53. The predicted octanol–water partition coefficient (Wildman–Crippen LogP) is 2.66. The molecule has 2 aliphatic rings. The fourth-order valence-corrected chi connectivity index (χ4v) is 4.56. The number of amides is 1. The van der Waals surface area contributed by atoms with Gasteiger partial charge in [-0.1, -0.05) is 36.8 Å². The zero-order valence-corrected chi connectivity index (χ0v) is 13.4. The Labute approximate surface area is 131 Å². The van der Waals surface area contributed by atoms with E-state index in [-0.39, 0.29) is 18.1 Å². The summed E-state index contributed by atoms with van der Waals surface area (Å²) in [6.07, 6.45) is 4.85. The Morgan fingerprint density at radius 3 is 2.81 bits per heavy atom. The number of carbonyl (C=O) groups excluding carboxylic acids is 1. The highest BCUT2D eigenvalue weighted by molar-refractivity contribution is 7.99. The second kappa shape index (κ2) is 6.84. The Morgan fingerprint density at radius 1 is 1.29 bits per heavy atom. The van der Waals surface area contributed by atoms with Crippen LogP contribution in [-0.2, 0) is 11.2 Å². The van der Waals surface area contributed by atoms with E-state index >= 15 is 0 Å². The van der Waals surface area contributed by atoms with Gasteiger partial charge in [0.15, 0.2) is 0 Å². The first-order valence-electron chi connectivity index (χ1n) is 7.96. The summed E-state index contributed by atoms with van der Waals surface area (Å²) >= 11 is 2.04. The topological polar surface area (TPSA) is 32.3 Å².